The van der Waals surface area contributed by atoms with Gasteiger partial charge in [-0.3, -0.25) is 9.59 Å². The highest BCUT2D eigenvalue weighted by molar-refractivity contribution is 6.02. The molecule has 1 unspecified atom stereocenters. The van der Waals surface area contributed by atoms with E-state index in [9.17, 15) is 9.59 Å². The fraction of sp³-hybridized carbons (Fsp3) is 0.619. The van der Waals surface area contributed by atoms with Crippen molar-refractivity contribution in [1.82, 2.24) is 10.2 Å². The maximum absolute atomic E-state index is 13.3. The summed E-state index contributed by atoms with van der Waals surface area (Å²) in [5.41, 5.74) is 1.17. The van der Waals surface area contributed by atoms with Crippen molar-refractivity contribution in [3.05, 3.63) is 35.4 Å². The van der Waals surface area contributed by atoms with Crippen LogP contribution in [0.5, 0.6) is 0 Å². The summed E-state index contributed by atoms with van der Waals surface area (Å²) < 4.78 is 5.29. The first-order valence-corrected chi connectivity index (χ1v) is 9.87. The fourth-order valence-electron chi connectivity index (χ4n) is 4.86. The van der Waals surface area contributed by atoms with E-state index in [-0.39, 0.29) is 17.7 Å². The Balaban J connectivity index is 1.80. The van der Waals surface area contributed by atoms with Crippen LogP contribution >= 0.6 is 0 Å². The first-order valence-electron chi connectivity index (χ1n) is 9.87. The quantitative estimate of drug-likeness (QED) is 0.883. The zero-order valence-electron chi connectivity index (χ0n) is 15.5. The molecule has 0 saturated heterocycles. The fourth-order valence-corrected chi connectivity index (χ4v) is 4.86. The number of hydrogen-bond acceptors (Lipinski definition) is 3. The minimum absolute atomic E-state index is 0.0509. The number of benzene rings is 1. The number of ether oxygens (including phenoxy) is 1. The summed E-state index contributed by atoms with van der Waals surface area (Å²) >= 11 is 0. The molecule has 0 aromatic heterocycles. The molecule has 2 fully saturated rings. The molecule has 1 heterocycles. The van der Waals surface area contributed by atoms with Crippen molar-refractivity contribution in [3.8, 4) is 0 Å². The topological polar surface area (TPSA) is 58.6 Å². The van der Waals surface area contributed by atoms with E-state index in [0.29, 0.717) is 24.8 Å². The number of nitrogens with one attached hydrogen (secondary N) is 1. The van der Waals surface area contributed by atoms with Gasteiger partial charge in [-0.2, -0.15) is 0 Å². The smallest absolute Gasteiger partial charge is 0.254 e. The molecule has 2 aliphatic carbocycles. The van der Waals surface area contributed by atoms with Crippen molar-refractivity contribution in [1.29, 1.82) is 0 Å². The van der Waals surface area contributed by atoms with Crippen LogP contribution in [0, 0.1) is 0 Å². The van der Waals surface area contributed by atoms with Crippen molar-refractivity contribution >= 4 is 11.8 Å². The Morgan fingerprint density at radius 2 is 1.96 bits per heavy atom. The Kier molecular flexibility index (Phi) is 4.74. The summed E-state index contributed by atoms with van der Waals surface area (Å²) in [5.74, 6) is -0.138. The van der Waals surface area contributed by atoms with Gasteiger partial charge in [-0.05, 0) is 37.3 Å². The van der Waals surface area contributed by atoms with Crippen molar-refractivity contribution in [3.63, 3.8) is 0 Å². The van der Waals surface area contributed by atoms with Gasteiger partial charge in [0.05, 0.1) is 18.1 Å². The summed E-state index contributed by atoms with van der Waals surface area (Å²) in [6.45, 7) is 1.03. The third kappa shape index (κ3) is 2.92. The van der Waals surface area contributed by atoms with Crippen LogP contribution in [-0.4, -0.2) is 48.6 Å². The minimum atomic E-state index is -0.415. The van der Waals surface area contributed by atoms with E-state index in [1.807, 2.05) is 29.2 Å². The number of hydrogen-bond donors (Lipinski definition) is 1. The van der Waals surface area contributed by atoms with Gasteiger partial charge in [-0.15, -0.1) is 0 Å². The molecule has 26 heavy (non-hydrogen) atoms. The minimum Gasteiger partial charge on any atom is -0.383 e. The number of carbonyl (C=O) groups excluding carboxylic acids is 2. The number of rotatable bonds is 5. The van der Waals surface area contributed by atoms with E-state index >= 15 is 0 Å². The van der Waals surface area contributed by atoms with Crippen LogP contribution in [0.4, 0.5) is 0 Å². The van der Waals surface area contributed by atoms with Gasteiger partial charge in [0.25, 0.3) is 5.91 Å². The lowest BCUT2D eigenvalue weighted by molar-refractivity contribution is -0.127. The lowest BCUT2D eigenvalue weighted by Crippen LogP contribution is -2.63. The van der Waals surface area contributed by atoms with Crippen molar-refractivity contribution in [2.75, 3.05) is 20.3 Å². The molecule has 3 aliphatic rings. The van der Waals surface area contributed by atoms with Crippen LogP contribution in [0.15, 0.2) is 24.3 Å². The number of carbonyl (C=O) groups is 2. The number of methoxy groups -OCH3 is 1. The van der Waals surface area contributed by atoms with Crippen LogP contribution < -0.4 is 5.32 Å². The van der Waals surface area contributed by atoms with E-state index in [4.69, 9.17) is 4.74 Å². The normalized spacial score (nSPS) is 24.4. The molecular formula is C21H28N2O3. The zero-order chi connectivity index (χ0) is 18.1. The molecule has 1 aromatic carbocycles. The third-order valence-electron chi connectivity index (χ3n) is 6.25. The molecule has 1 aliphatic heterocycles. The summed E-state index contributed by atoms with van der Waals surface area (Å²) in [4.78, 5) is 28.6. The predicted octanol–water partition coefficient (Wildman–Crippen LogP) is 2.85. The lowest BCUT2D eigenvalue weighted by Gasteiger charge is -2.53. The molecule has 5 heteroatoms. The third-order valence-corrected chi connectivity index (χ3v) is 6.25. The second-order valence-electron chi connectivity index (χ2n) is 7.92. The second-order valence-corrected chi connectivity index (χ2v) is 7.92. The average molecular weight is 356 g/mol. The molecule has 0 bridgehead atoms. The molecule has 1 atom stereocenters. The van der Waals surface area contributed by atoms with Gasteiger partial charge in [0.15, 0.2) is 0 Å². The van der Waals surface area contributed by atoms with E-state index in [2.05, 4.69) is 5.32 Å². The van der Waals surface area contributed by atoms with Crippen LogP contribution in [0.3, 0.4) is 0 Å². The summed E-state index contributed by atoms with van der Waals surface area (Å²) in [6, 6.07) is 8.00. The van der Waals surface area contributed by atoms with E-state index in [1.54, 1.807) is 7.11 Å². The monoisotopic (exact) mass is 356 g/mol. The van der Waals surface area contributed by atoms with Gasteiger partial charge in [0, 0.05) is 25.3 Å². The van der Waals surface area contributed by atoms with Gasteiger partial charge in [0.2, 0.25) is 5.91 Å². The highest BCUT2D eigenvalue weighted by Gasteiger charge is 2.54. The molecule has 2 amide bonds. The molecule has 1 aromatic rings. The molecular weight excluding hydrogens is 328 g/mol. The van der Waals surface area contributed by atoms with Crippen LogP contribution in [0.2, 0.25) is 0 Å². The summed E-state index contributed by atoms with van der Waals surface area (Å²) in [5, 5.41) is 3.22. The highest BCUT2D eigenvalue weighted by Crippen LogP contribution is 2.49. The number of fused-ring (bicyclic) bond motifs is 1. The molecule has 2 saturated carbocycles. The molecule has 4 rings (SSSR count). The van der Waals surface area contributed by atoms with Gasteiger partial charge in [-0.25, -0.2) is 0 Å². The maximum Gasteiger partial charge on any atom is 0.254 e. The first kappa shape index (κ1) is 17.5. The molecule has 5 nitrogen and oxygen atoms in total. The molecule has 140 valence electrons. The average Bonchev–Trinajstić information content (AvgIpc) is 3.46. The zero-order valence-corrected chi connectivity index (χ0v) is 15.5. The SMILES string of the molecule is COCCN1C(=O)c2ccccc2C(C(=O)NC2CC2)C12CCCCC2. The molecule has 1 spiro atoms. The number of nitrogens with zero attached hydrogens (tertiary/aromatic N) is 1. The van der Waals surface area contributed by atoms with Gasteiger partial charge in [0.1, 0.15) is 0 Å². The standard InChI is InChI=1S/C21H28N2O3/c1-26-14-13-23-20(25)17-8-4-3-7-16(17)18(19(24)22-15-9-10-15)21(23)11-5-2-6-12-21/h3-4,7-8,15,18H,2,5-6,9-14H2,1H3,(H,22,24). The summed E-state index contributed by atoms with van der Waals surface area (Å²) in [6.07, 6.45) is 7.21. The Morgan fingerprint density at radius 1 is 1.23 bits per heavy atom. The van der Waals surface area contributed by atoms with E-state index in [1.165, 1.54) is 6.42 Å². The van der Waals surface area contributed by atoms with E-state index < -0.39 is 5.54 Å². The Labute approximate surface area is 155 Å². The number of amides is 2. The largest absolute Gasteiger partial charge is 0.383 e. The predicted molar refractivity (Wildman–Crippen MR) is 99.1 cm³/mol. The van der Waals surface area contributed by atoms with Crippen molar-refractivity contribution in [2.45, 2.75) is 62.4 Å². The van der Waals surface area contributed by atoms with Crippen molar-refractivity contribution in [2.24, 2.45) is 0 Å². The van der Waals surface area contributed by atoms with Crippen LogP contribution in [-0.2, 0) is 9.53 Å². The van der Waals surface area contributed by atoms with Crippen LogP contribution in [0.25, 0.3) is 0 Å². The lowest BCUT2D eigenvalue weighted by atomic mass is 9.65. The van der Waals surface area contributed by atoms with E-state index in [0.717, 1.165) is 44.1 Å². The van der Waals surface area contributed by atoms with Gasteiger partial charge < -0.3 is 15.0 Å². The second kappa shape index (κ2) is 7.03. The Morgan fingerprint density at radius 3 is 2.65 bits per heavy atom. The molecule has 1 N–H and O–H groups in total. The van der Waals surface area contributed by atoms with Gasteiger partial charge in [-0.1, -0.05) is 37.5 Å². The Bertz CT molecular complexity index is 692. The van der Waals surface area contributed by atoms with Gasteiger partial charge >= 0.3 is 0 Å². The Hall–Kier alpha value is -1.88. The maximum atomic E-state index is 13.3. The van der Waals surface area contributed by atoms with Crippen LogP contribution in [0.1, 0.15) is 66.8 Å². The summed E-state index contributed by atoms with van der Waals surface area (Å²) in [7, 11) is 1.66. The van der Waals surface area contributed by atoms with Crippen molar-refractivity contribution < 1.29 is 14.3 Å². The highest BCUT2D eigenvalue weighted by atomic mass is 16.5. The first-order chi connectivity index (χ1) is 12.7. The molecule has 0 radical (unpaired) electrons.